The predicted octanol–water partition coefficient (Wildman–Crippen LogP) is 4.31. The van der Waals surface area contributed by atoms with Gasteiger partial charge in [-0.2, -0.15) is 0 Å². The lowest BCUT2D eigenvalue weighted by atomic mass is 9.88. The lowest BCUT2D eigenvalue weighted by molar-refractivity contribution is 0.0856. The fraction of sp³-hybridized carbons (Fsp3) is 0.400. The number of fused-ring (bicyclic) bond motifs is 1. The molecule has 2 aromatic rings. The number of benzene rings is 1. The topological polar surface area (TPSA) is 34.1 Å². The van der Waals surface area contributed by atoms with Crippen LogP contribution in [0.15, 0.2) is 30.5 Å². The number of nitrogens with one attached hydrogen (secondary N) is 1. The number of aryl methyl sites for hydroxylation is 1. The number of thiocarbonyl (C=S) groups is 1. The Labute approximate surface area is 162 Å². The first-order chi connectivity index (χ1) is 12.4. The van der Waals surface area contributed by atoms with Gasteiger partial charge in [-0.25, -0.2) is 4.39 Å². The lowest BCUT2D eigenvalue weighted by Gasteiger charge is -2.36. The number of hydrogen-bond acceptors (Lipinski definition) is 3. The molecule has 1 aromatic heterocycles. The van der Waals surface area contributed by atoms with Crippen molar-refractivity contribution in [2.45, 2.75) is 37.6 Å². The average molecular weight is 391 g/mol. The van der Waals surface area contributed by atoms with Gasteiger partial charge in [0, 0.05) is 23.4 Å². The van der Waals surface area contributed by atoms with Gasteiger partial charge in [0.2, 0.25) is 0 Å². The van der Waals surface area contributed by atoms with Gasteiger partial charge in [-0.15, -0.1) is 0 Å². The highest BCUT2D eigenvalue weighted by molar-refractivity contribution is 7.80. The molecule has 1 aliphatic carbocycles. The van der Waals surface area contributed by atoms with Gasteiger partial charge in [-0.3, -0.25) is 4.98 Å². The third-order valence-electron chi connectivity index (χ3n) is 5.26. The van der Waals surface area contributed by atoms with Crippen LogP contribution < -0.4 is 5.32 Å². The van der Waals surface area contributed by atoms with Gasteiger partial charge in [0.25, 0.3) is 0 Å². The van der Waals surface area contributed by atoms with Crippen LogP contribution in [0.1, 0.15) is 41.6 Å². The van der Waals surface area contributed by atoms with Gasteiger partial charge in [0.1, 0.15) is 10.8 Å². The molecule has 3 nitrogen and oxygen atoms in total. The first kappa shape index (κ1) is 17.8. The fourth-order valence-electron chi connectivity index (χ4n) is 4.00. The number of morpholine rings is 1. The van der Waals surface area contributed by atoms with Gasteiger partial charge < -0.3 is 10.1 Å². The third kappa shape index (κ3) is 3.36. The first-order valence-electron chi connectivity index (χ1n) is 8.76. The van der Waals surface area contributed by atoms with E-state index in [2.05, 4.69) is 10.3 Å². The average Bonchev–Trinajstić information content (AvgIpc) is 2.98. The van der Waals surface area contributed by atoms with Crippen LogP contribution in [0.4, 0.5) is 4.39 Å². The Morgan fingerprint density at radius 2 is 2.27 bits per heavy atom. The number of ether oxygens (including phenoxy) is 1. The Kier molecular flexibility index (Phi) is 4.71. The second-order valence-corrected chi connectivity index (χ2v) is 8.25. The predicted molar refractivity (Wildman–Crippen MR) is 104 cm³/mol. The summed E-state index contributed by atoms with van der Waals surface area (Å²) in [7, 11) is 0. The number of hydrogen-bond donors (Lipinski definition) is 1. The van der Waals surface area contributed by atoms with Crippen LogP contribution in [0.25, 0.3) is 0 Å². The van der Waals surface area contributed by atoms with E-state index in [0.717, 1.165) is 30.5 Å². The van der Waals surface area contributed by atoms with Crippen molar-refractivity contribution >= 4 is 28.8 Å². The van der Waals surface area contributed by atoms with E-state index >= 15 is 0 Å². The maximum atomic E-state index is 14.6. The van der Waals surface area contributed by atoms with E-state index in [1.165, 1.54) is 5.56 Å². The standard InChI is InChI=1S/C20H20ClFN2OS/c1-20(11-25-10-18(26)24-20)16-7-12(2-5-17(16)22)6-13-3-4-14-8-15(21)9-23-19(13)14/h2,5,7-9,13H,3-4,6,10-11H2,1H3,(H,24,26)/t13?,20-/m0/s1. The van der Waals surface area contributed by atoms with Crippen LogP contribution in [0.2, 0.25) is 5.02 Å². The molecule has 2 heterocycles. The largest absolute Gasteiger partial charge is 0.372 e. The Morgan fingerprint density at radius 1 is 1.42 bits per heavy atom. The van der Waals surface area contributed by atoms with E-state index in [4.69, 9.17) is 28.6 Å². The van der Waals surface area contributed by atoms with Crippen molar-refractivity contribution in [1.82, 2.24) is 10.3 Å². The van der Waals surface area contributed by atoms with Crippen LogP contribution in [-0.4, -0.2) is 23.2 Å². The van der Waals surface area contributed by atoms with Gasteiger partial charge >= 0.3 is 0 Å². The molecule has 0 bridgehead atoms. The van der Waals surface area contributed by atoms with Crippen molar-refractivity contribution in [3.05, 3.63) is 63.7 Å². The van der Waals surface area contributed by atoms with Crippen LogP contribution in [-0.2, 0) is 23.1 Å². The zero-order chi connectivity index (χ0) is 18.3. The number of aromatic nitrogens is 1. The number of halogens is 2. The highest BCUT2D eigenvalue weighted by Gasteiger charge is 2.34. The van der Waals surface area contributed by atoms with Crippen molar-refractivity contribution in [1.29, 1.82) is 0 Å². The van der Waals surface area contributed by atoms with E-state index in [1.807, 2.05) is 25.1 Å². The summed E-state index contributed by atoms with van der Waals surface area (Å²) in [5.74, 6) is 0.0961. The van der Waals surface area contributed by atoms with Gasteiger partial charge in [-0.05, 0) is 49.4 Å². The molecule has 2 atom stereocenters. The fourth-order valence-corrected chi connectivity index (χ4v) is 4.49. The van der Waals surface area contributed by atoms with Gasteiger partial charge in [0.05, 0.1) is 23.8 Å². The Balaban J connectivity index is 1.61. The normalized spacial score (nSPS) is 25.0. The molecule has 26 heavy (non-hydrogen) atoms. The summed E-state index contributed by atoms with van der Waals surface area (Å²) in [6.45, 7) is 2.70. The molecule has 0 amide bonds. The molecule has 1 unspecified atom stereocenters. The van der Waals surface area contributed by atoms with E-state index < -0.39 is 5.54 Å². The van der Waals surface area contributed by atoms with Crippen LogP contribution in [0, 0.1) is 5.82 Å². The summed E-state index contributed by atoms with van der Waals surface area (Å²) in [5, 5.41) is 3.91. The monoisotopic (exact) mass is 390 g/mol. The van der Waals surface area contributed by atoms with E-state index in [-0.39, 0.29) is 5.82 Å². The van der Waals surface area contributed by atoms with E-state index in [1.54, 1.807) is 12.3 Å². The van der Waals surface area contributed by atoms with Crippen molar-refractivity contribution < 1.29 is 9.13 Å². The van der Waals surface area contributed by atoms with Crippen LogP contribution in [0.5, 0.6) is 0 Å². The zero-order valence-electron chi connectivity index (χ0n) is 14.5. The maximum absolute atomic E-state index is 14.6. The molecule has 0 radical (unpaired) electrons. The molecule has 4 rings (SSSR count). The molecule has 0 spiro atoms. The smallest absolute Gasteiger partial charge is 0.128 e. The van der Waals surface area contributed by atoms with Crippen molar-refractivity contribution in [2.75, 3.05) is 13.2 Å². The number of pyridine rings is 1. The quantitative estimate of drug-likeness (QED) is 0.792. The lowest BCUT2D eigenvalue weighted by Crippen LogP contribution is -2.52. The molecule has 136 valence electrons. The molecule has 1 aromatic carbocycles. The summed E-state index contributed by atoms with van der Waals surface area (Å²) in [6, 6.07) is 7.34. The van der Waals surface area contributed by atoms with Crippen molar-refractivity contribution in [3.63, 3.8) is 0 Å². The second-order valence-electron chi connectivity index (χ2n) is 7.32. The minimum Gasteiger partial charge on any atom is -0.372 e. The molecular formula is C20H20ClFN2OS. The highest BCUT2D eigenvalue weighted by Crippen LogP contribution is 2.36. The number of rotatable bonds is 3. The molecular weight excluding hydrogens is 371 g/mol. The first-order valence-corrected chi connectivity index (χ1v) is 9.55. The number of nitrogens with zero attached hydrogens (tertiary/aromatic N) is 1. The molecule has 1 fully saturated rings. The zero-order valence-corrected chi connectivity index (χ0v) is 16.1. The van der Waals surface area contributed by atoms with E-state index in [0.29, 0.717) is 34.7 Å². The summed E-state index contributed by atoms with van der Waals surface area (Å²) >= 11 is 11.3. The highest BCUT2D eigenvalue weighted by atomic mass is 35.5. The summed E-state index contributed by atoms with van der Waals surface area (Å²) in [6.07, 6.45) is 4.57. The van der Waals surface area contributed by atoms with Gasteiger partial charge in [0.15, 0.2) is 0 Å². The molecule has 1 N–H and O–H groups in total. The summed E-state index contributed by atoms with van der Waals surface area (Å²) in [4.78, 5) is 5.14. The third-order valence-corrected chi connectivity index (χ3v) is 5.69. The molecule has 0 saturated carbocycles. The van der Waals surface area contributed by atoms with Crippen LogP contribution in [0.3, 0.4) is 0 Å². The minimum absolute atomic E-state index is 0.242. The van der Waals surface area contributed by atoms with Crippen molar-refractivity contribution in [2.24, 2.45) is 0 Å². The SMILES string of the molecule is C[C@@]1(c2cc(CC3CCc4cc(Cl)cnc43)ccc2F)COCC(=S)N1. The second kappa shape index (κ2) is 6.87. The van der Waals surface area contributed by atoms with Crippen LogP contribution >= 0.6 is 23.8 Å². The Hall–Kier alpha value is -1.56. The Bertz CT molecular complexity index is 875. The molecule has 2 aliphatic rings. The minimum atomic E-state index is -0.644. The summed E-state index contributed by atoms with van der Waals surface area (Å²) in [5.41, 5.74) is 3.39. The molecule has 6 heteroatoms. The maximum Gasteiger partial charge on any atom is 0.128 e. The van der Waals surface area contributed by atoms with Crippen molar-refractivity contribution in [3.8, 4) is 0 Å². The summed E-state index contributed by atoms with van der Waals surface area (Å²) < 4.78 is 20.1. The molecule has 1 aliphatic heterocycles. The van der Waals surface area contributed by atoms with E-state index in [9.17, 15) is 4.39 Å². The molecule has 1 saturated heterocycles. The Morgan fingerprint density at radius 3 is 3.08 bits per heavy atom. The van der Waals surface area contributed by atoms with Gasteiger partial charge in [-0.1, -0.05) is 36.0 Å².